The Balaban J connectivity index is 1.41. The third-order valence-electron chi connectivity index (χ3n) is 5.41. The van der Waals surface area contributed by atoms with Crippen LogP contribution in [0.1, 0.15) is 61.9 Å². The fourth-order valence-electron chi connectivity index (χ4n) is 3.75. The van der Waals surface area contributed by atoms with Gasteiger partial charge in [0.15, 0.2) is 15.6 Å². The summed E-state index contributed by atoms with van der Waals surface area (Å²) in [6.45, 7) is 0. The maximum Gasteiger partial charge on any atom is 0.305 e. The highest BCUT2D eigenvalue weighted by molar-refractivity contribution is 7.90. The van der Waals surface area contributed by atoms with Crippen LogP contribution in [0.3, 0.4) is 0 Å². The maximum absolute atomic E-state index is 12.6. The van der Waals surface area contributed by atoms with Crippen LogP contribution >= 0.6 is 11.3 Å². The predicted molar refractivity (Wildman–Crippen MR) is 121 cm³/mol. The highest BCUT2D eigenvalue weighted by Crippen LogP contribution is 2.28. The number of amides is 2. The monoisotopic (exact) mass is 472 g/mol. The number of furan rings is 1. The molecule has 168 valence electrons. The summed E-state index contributed by atoms with van der Waals surface area (Å²) in [6.07, 6.45) is 7.86. The lowest BCUT2D eigenvalue weighted by Gasteiger charge is -2.07. The quantitative estimate of drug-likeness (QED) is 0.545. The van der Waals surface area contributed by atoms with Crippen molar-refractivity contribution >= 4 is 33.0 Å². The van der Waals surface area contributed by atoms with Gasteiger partial charge in [-0.15, -0.1) is 11.3 Å². The molecule has 0 saturated heterocycles. The standard InChI is InChI=1S/C23H24N2O5S2/c26-22(20-14-16-8-4-1-2-7-11-19(16)31-20)24-25-23(27)21-17(12-13-30-21)15-32(28,29)18-9-5-3-6-10-18/h3,5-6,9-10,12-14H,1-2,4,7-8,11,15H2,(H,24,26)(H,25,27). The first-order valence-corrected chi connectivity index (χ1v) is 13.0. The van der Waals surface area contributed by atoms with Crippen molar-refractivity contribution in [2.45, 2.75) is 49.2 Å². The fourth-order valence-corrected chi connectivity index (χ4v) is 6.28. The van der Waals surface area contributed by atoms with Gasteiger partial charge in [0.05, 0.1) is 21.8 Å². The van der Waals surface area contributed by atoms with E-state index in [0.29, 0.717) is 4.88 Å². The van der Waals surface area contributed by atoms with Gasteiger partial charge in [0.2, 0.25) is 0 Å². The summed E-state index contributed by atoms with van der Waals surface area (Å²) in [5.74, 6) is -1.65. The van der Waals surface area contributed by atoms with Crippen molar-refractivity contribution < 1.29 is 22.4 Å². The summed E-state index contributed by atoms with van der Waals surface area (Å²) in [5, 5.41) is 0. The van der Waals surface area contributed by atoms with Gasteiger partial charge in [-0.05, 0) is 55.5 Å². The van der Waals surface area contributed by atoms with Gasteiger partial charge in [0, 0.05) is 10.4 Å². The molecule has 1 aromatic carbocycles. The molecule has 4 rings (SSSR count). The van der Waals surface area contributed by atoms with E-state index in [1.807, 2.05) is 6.07 Å². The zero-order valence-corrected chi connectivity index (χ0v) is 19.1. The normalized spacial score (nSPS) is 14.1. The Morgan fingerprint density at radius 2 is 1.66 bits per heavy atom. The first-order valence-electron chi connectivity index (χ1n) is 10.5. The van der Waals surface area contributed by atoms with Crippen molar-refractivity contribution in [3.8, 4) is 0 Å². The molecule has 32 heavy (non-hydrogen) atoms. The summed E-state index contributed by atoms with van der Waals surface area (Å²) in [4.78, 5) is 27.1. The van der Waals surface area contributed by atoms with E-state index in [-0.39, 0.29) is 22.0 Å². The van der Waals surface area contributed by atoms with E-state index in [1.165, 1.54) is 59.1 Å². The number of fused-ring (bicyclic) bond motifs is 1. The number of thiophene rings is 1. The molecule has 3 aromatic rings. The molecule has 2 N–H and O–H groups in total. The van der Waals surface area contributed by atoms with Crippen molar-refractivity contribution in [1.29, 1.82) is 0 Å². The summed E-state index contributed by atoms with van der Waals surface area (Å²) >= 11 is 1.46. The number of aryl methyl sites for hydroxylation is 2. The van der Waals surface area contributed by atoms with Crippen LogP contribution in [0, 0.1) is 0 Å². The molecule has 0 spiro atoms. The third kappa shape index (κ3) is 5.11. The van der Waals surface area contributed by atoms with E-state index in [1.54, 1.807) is 18.2 Å². The summed E-state index contributed by atoms with van der Waals surface area (Å²) in [6, 6.07) is 11.3. The molecule has 0 unspecified atom stereocenters. The highest BCUT2D eigenvalue weighted by atomic mass is 32.2. The highest BCUT2D eigenvalue weighted by Gasteiger charge is 2.23. The number of hydrogen-bond donors (Lipinski definition) is 2. The van der Waals surface area contributed by atoms with E-state index in [9.17, 15) is 18.0 Å². The molecule has 0 aliphatic heterocycles. The van der Waals surface area contributed by atoms with Gasteiger partial charge >= 0.3 is 5.91 Å². The van der Waals surface area contributed by atoms with Gasteiger partial charge in [0.1, 0.15) is 0 Å². The lowest BCUT2D eigenvalue weighted by molar-refractivity contribution is 0.0832. The van der Waals surface area contributed by atoms with Crippen LogP contribution in [-0.4, -0.2) is 20.2 Å². The van der Waals surface area contributed by atoms with Crippen molar-refractivity contribution in [2.75, 3.05) is 0 Å². The molecule has 0 radical (unpaired) electrons. The van der Waals surface area contributed by atoms with Gasteiger partial charge < -0.3 is 4.42 Å². The average Bonchev–Trinajstić information content (AvgIpc) is 3.39. The second kappa shape index (κ2) is 9.70. The molecular weight excluding hydrogens is 448 g/mol. The minimum Gasteiger partial charge on any atom is -0.459 e. The lowest BCUT2D eigenvalue weighted by Crippen LogP contribution is -2.41. The van der Waals surface area contributed by atoms with E-state index in [0.717, 1.165) is 25.7 Å². The molecule has 2 amide bonds. The third-order valence-corrected chi connectivity index (χ3v) is 8.33. The minimum absolute atomic E-state index is 0.150. The number of carbonyl (C=O) groups excluding carboxylic acids is 2. The number of hydrazine groups is 1. The number of rotatable bonds is 5. The van der Waals surface area contributed by atoms with Crippen LogP contribution in [0.5, 0.6) is 0 Å². The second-order valence-corrected chi connectivity index (χ2v) is 10.9. The SMILES string of the molecule is O=C(NNC(=O)c1occc1CS(=O)(=O)c1ccccc1)c1cc2c(s1)CCCCCC2. The lowest BCUT2D eigenvalue weighted by atomic mass is 10.00. The second-order valence-electron chi connectivity index (χ2n) is 7.73. The summed E-state index contributed by atoms with van der Waals surface area (Å²) in [7, 11) is -3.65. The van der Waals surface area contributed by atoms with Crippen molar-refractivity contribution in [1.82, 2.24) is 10.9 Å². The number of sulfone groups is 1. The number of benzene rings is 1. The summed E-state index contributed by atoms with van der Waals surface area (Å²) < 4.78 is 30.5. The van der Waals surface area contributed by atoms with Gasteiger partial charge in [0.25, 0.3) is 5.91 Å². The molecule has 0 atom stereocenters. The first-order chi connectivity index (χ1) is 15.4. The van der Waals surface area contributed by atoms with E-state index in [2.05, 4.69) is 10.9 Å². The van der Waals surface area contributed by atoms with Crippen LogP contribution in [0.25, 0.3) is 0 Å². The number of hydrogen-bond acceptors (Lipinski definition) is 6. The first kappa shape index (κ1) is 22.3. The van der Waals surface area contributed by atoms with Crippen LogP contribution in [0.2, 0.25) is 0 Å². The molecule has 9 heteroatoms. The fraction of sp³-hybridized carbons (Fsp3) is 0.304. The Labute approximate surface area is 190 Å². The zero-order chi connectivity index (χ0) is 22.6. The largest absolute Gasteiger partial charge is 0.459 e. The molecule has 2 aromatic heterocycles. The van der Waals surface area contributed by atoms with Crippen molar-refractivity contribution in [3.05, 3.63) is 75.4 Å². The Hall–Kier alpha value is -2.91. The molecule has 7 nitrogen and oxygen atoms in total. The van der Waals surface area contributed by atoms with Gasteiger partial charge in [-0.2, -0.15) is 0 Å². The molecule has 1 aliphatic rings. The predicted octanol–water partition coefficient (Wildman–Crippen LogP) is 4.05. The summed E-state index contributed by atoms with van der Waals surface area (Å²) in [5.41, 5.74) is 6.18. The Kier molecular flexibility index (Phi) is 6.76. The molecule has 0 bridgehead atoms. The van der Waals surface area contributed by atoms with Gasteiger partial charge in [-0.25, -0.2) is 8.42 Å². The minimum atomic E-state index is -3.65. The topological polar surface area (TPSA) is 105 Å². The number of carbonyl (C=O) groups is 2. The smallest absolute Gasteiger partial charge is 0.305 e. The van der Waals surface area contributed by atoms with Crippen LogP contribution < -0.4 is 10.9 Å². The van der Waals surface area contributed by atoms with Gasteiger partial charge in [-0.1, -0.05) is 31.0 Å². The van der Waals surface area contributed by atoms with E-state index >= 15 is 0 Å². The van der Waals surface area contributed by atoms with Crippen LogP contribution in [0.4, 0.5) is 0 Å². The molecule has 2 heterocycles. The molecule has 0 fully saturated rings. The Morgan fingerprint density at radius 1 is 0.938 bits per heavy atom. The zero-order valence-electron chi connectivity index (χ0n) is 17.4. The van der Waals surface area contributed by atoms with E-state index in [4.69, 9.17) is 4.42 Å². The molecule has 1 aliphatic carbocycles. The molecule has 0 saturated carbocycles. The maximum atomic E-state index is 12.6. The number of nitrogens with one attached hydrogen (secondary N) is 2. The Morgan fingerprint density at radius 3 is 2.44 bits per heavy atom. The van der Waals surface area contributed by atoms with Crippen LogP contribution in [0.15, 0.2) is 58.0 Å². The van der Waals surface area contributed by atoms with Gasteiger partial charge in [-0.3, -0.25) is 20.4 Å². The van der Waals surface area contributed by atoms with E-state index < -0.39 is 21.7 Å². The Bertz CT molecular complexity index is 1190. The average molecular weight is 473 g/mol. The molecular formula is C23H24N2O5S2. The van der Waals surface area contributed by atoms with Crippen molar-refractivity contribution in [3.63, 3.8) is 0 Å². The van der Waals surface area contributed by atoms with Crippen molar-refractivity contribution in [2.24, 2.45) is 0 Å². The van der Waals surface area contributed by atoms with Crippen LogP contribution in [-0.2, 0) is 28.4 Å².